The summed E-state index contributed by atoms with van der Waals surface area (Å²) in [6.45, 7) is 0.0505. The third-order valence-electron chi connectivity index (χ3n) is 6.55. The van der Waals surface area contributed by atoms with Gasteiger partial charge < -0.3 is 14.9 Å². The van der Waals surface area contributed by atoms with Gasteiger partial charge in [-0.05, 0) is 28.8 Å². The second-order valence-electron chi connectivity index (χ2n) is 8.30. The molecule has 0 aliphatic carbocycles. The van der Waals surface area contributed by atoms with Gasteiger partial charge in [0.15, 0.2) is 0 Å². The van der Waals surface area contributed by atoms with Gasteiger partial charge in [-0.25, -0.2) is 4.39 Å². The molecule has 6 heteroatoms. The number of amides is 2. The number of carbonyl (C=O) groups is 2. The van der Waals surface area contributed by atoms with E-state index in [4.69, 9.17) is 0 Å². The highest BCUT2D eigenvalue weighted by Crippen LogP contribution is 2.43. The molecule has 2 aliphatic rings. The molecule has 2 aliphatic heterocycles. The van der Waals surface area contributed by atoms with E-state index in [2.05, 4.69) is 0 Å². The Bertz CT molecular complexity index is 1150. The molecule has 2 heterocycles. The third kappa shape index (κ3) is 3.37. The van der Waals surface area contributed by atoms with Gasteiger partial charge in [0.2, 0.25) is 5.91 Å². The van der Waals surface area contributed by atoms with Crippen LogP contribution < -0.4 is 0 Å². The van der Waals surface area contributed by atoms with Crippen molar-refractivity contribution in [3.8, 4) is 11.1 Å². The van der Waals surface area contributed by atoms with Gasteiger partial charge in [0.25, 0.3) is 5.91 Å². The van der Waals surface area contributed by atoms with E-state index in [0.717, 1.165) is 16.7 Å². The van der Waals surface area contributed by atoms with Gasteiger partial charge in [-0.2, -0.15) is 0 Å². The standard InChI is InChI=1S/C26H23FN2O3/c27-21-9-5-4-8-20(21)26(32)28-14-22-25(23(16-30)29(22)24(31)15-28)19-12-10-18(11-13-19)17-6-2-1-3-7-17/h1-13,22-23,25,30H,14-16H2/t22-,23-,25+/m0/s1. The van der Waals surface area contributed by atoms with Crippen LogP contribution in [0.5, 0.6) is 0 Å². The number of halogens is 1. The molecule has 0 radical (unpaired) electrons. The van der Waals surface area contributed by atoms with Crippen molar-refractivity contribution < 1.29 is 19.1 Å². The van der Waals surface area contributed by atoms with Gasteiger partial charge in [0.1, 0.15) is 12.4 Å². The maximum Gasteiger partial charge on any atom is 0.257 e. The molecule has 2 amide bonds. The molecule has 0 unspecified atom stereocenters. The highest BCUT2D eigenvalue weighted by molar-refractivity contribution is 5.97. The summed E-state index contributed by atoms with van der Waals surface area (Å²) in [6, 6.07) is 23.4. The summed E-state index contributed by atoms with van der Waals surface area (Å²) in [7, 11) is 0. The number of nitrogens with zero attached hydrogens (tertiary/aromatic N) is 2. The van der Waals surface area contributed by atoms with Crippen LogP contribution >= 0.6 is 0 Å². The molecule has 5 rings (SSSR count). The van der Waals surface area contributed by atoms with Crippen LogP contribution in [0.2, 0.25) is 0 Å². The monoisotopic (exact) mass is 430 g/mol. The van der Waals surface area contributed by atoms with Crippen molar-refractivity contribution in [2.24, 2.45) is 0 Å². The molecule has 3 atom stereocenters. The largest absolute Gasteiger partial charge is 0.394 e. The zero-order chi connectivity index (χ0) is 22.2. The Morgan fingerprint density at radius 3 is 2.28 bits per heavy atom. The predicted molar refractivity (Wildman–Crippen MR) is 118 cm³/mol. The van der Waals surface area contributed by atoms with E-state index < -0.39 is 11.7 Å². The minimum Gasteiger partial charge on any atom is -0.394 e. The molecule has 0 spiro atoms. The van der Waals surface area contributed by atoms with Crippen LogP contribution in [0, 0.1) is 5.82 Å². The number of aliphatic hydroxyl groups is 1. The second-order valence-corrected chi connectivity index (χ2v) is 8.30. The van der Waals surface area contributed by atoms with E-state index in [1.165, 1.54) is 23.1 Å². The highest BCUT2D eigenvalue weighted by Gasteiger charge is 2.54. The molecule has 162 valence electrons. The molecular weight excluding hydrogens is 407 g/mol. The van der Waals surface area contributed by atoms with Crippen LogP contribution in [0.1, 0.15) is 21.8 Å². The molecular formula is C26H23FN2O3. The average Bonchev–Trinajstić information content (AvgIpc) is 2.81. The predicted octanol–water partition coefficient (Wildman–Crippen LogP) is 3.30. The van der Waals surface area contributed by atoms with E-state index in [1.807, 2.05) is 54.6 Å². The van der Waals surface area contributed by atoms with Gasteiger partial charge in [0.05, 0.1) is 24.3 Å². The van der Waals surface area contributed by atoms with Gasteiger partial charge >= 0.3 is 0 Å². The summed E-state index contributed by atoms with van der Waals surface area (Å²) < 4.78 is 14.1. The van der Waals surface area contributed by atoms with Crippen LogP contribution in [0.4, 0.5) is 4.39 Å². The summed E-state index contributed by atoms with van der Waals surface area (Å²) in [5.74, 6) is -1.39. The lowest BCUT2D eigenvalue weighted by Crippen LogP contribution is -2.73. The fraction of sp³-hybridized carbons (Fsp3) is 0.231. The van der Waals surface area contributed by atoms with Gasteiger partial charge in [0, 0.05) is 12.5 Å². The van der Waals surface area contributed by atoms with E-state index >= 15 is 0 Å². The number of hydrogen-bond donors (Lipinski definition) is 1. The van der Waals surface area contributed by atoms with Crippen molar-refractivity contribution in [1.29, 1.82) is 0 Å². The molecule has 32 heavy (non-hydrogen) atoms. The van der Waals surface area contributed by atoms with Crippen molar-refractivity contribution in [2.45, 2.75) is 18.0 Å². The minimum atomic E-state index is -0.595. The molecule has 0 aromatic heterocycles. The maximum absolute atomic E-state index is 14.1. The number of piperazine rings is 1. The van der Waals surface area contributed by atoms with Crippen molar-refractivity contribution in [1.82, 2.24) is 9.80 Å². The molecule has 1 N–H and O–H groups in total. The molecule has 0 saturated carbocycles. The van der Waals surface area contributed by atoms with Crippen LogP contribution in [0.3, 0.4) is 0 Å². The summed E-state index contributed by atoms with van der Waals surface area (Å²) in [6.07, 6.45) is 0. The van der Waals surface area contributed by atoms with Crippen LogP contribution in [0.25, 0.3) is 11.1 Å². The quantitative estimate of drug-likeness (QED) is 0.691. The molecule has 0 bridgehead atoms. The summed E-state index contributed by atoms with van der Waals surface area (Å²) in [5, 5.41) is 9.97. The summed E-state index contributed by atoms with van der Waals surface area (Å²) >= 11 is 0. The fourth-order valence-corrected chi connectivity index (χ4v) is 4.99. The molecule has 5 nitrogen and oxygen atoms in total. The minimum absolute atomic E-state index is 0.0319. The van der Waals surface area contributed by atoms with Crippen molar-refractivity contribution in [3.63, 3.8) is 0 Å². The maximum atomic E-state index is 14.1. The zero-order valence-electron chi connectivity index (χ0n) is 17.4. The number of rotatable bonds is 4. The van der Waals surface area contributed by atoms with Crippen LogP contribution in [-0.2, 0) is 4.79 Å². The SMILES string of the molecule is O=C(c1ccccc1F)N1CC(=O)N2[C@@H](CO)[C@H](c3ccc(-c4ccccc4)cc3)[C@@H]2C1. The first-order valence-electron chi connectivity index (χ1n) is 10.7. The fourth-order valence-electron chi connectivity index (χ4n) is 4.99. The van der Waals surface area contributed by atoms with Gasteiger partial charge in [-0.15, -0.1) is 0 Å². The number of benzene rings is 3. The molecule has 2 saturated heterocycles. The lowest BCUT2D eigenvalue weighted by Gasteiger charge is -2.58. The Morgan fingerprint density at radius 2 is 1.59 bits per heavy atom. The summed E-state index contributed by atoms with van der Waals surface area (Å²) in [5.41, 5.74) is 3.18. The van der Waals surface area contributed by atoms with E-state index in [0.29, 0.717) is 6.54 Å². The van der Waals surface area contributed by atoms with Crippen LogP contribution in [-0.4, -0.2) is 58.5 Å². The van der Waals surface area contributed by atoms with Crippen molar-refractivity contribution in [3.05, 3.63) is 95.8 Å². The highest BCUT2D eigenvalue weighted by atomic mass is 19.1. The first-order valence-corrected chi connectivity index (χ1v) is 10.7. The topological polar surface area (TPSA) is 60.9 Å². The smallest absolute Gasteiger partial charge is 0.257 e. The lowest BCUT2D eigenvalue weighted by atomic mass is 9.73. The Morgan fingerprint density at radius 1 is 0.938 bits per heavy atom. The third-order valence-corrected chi connectivity index (χ3v) is 6.55. The van der Waals surface area contributed by atoms with Gasteiger partial charge in [-0.3, -0.25) is 9.59 Å². The van der Waals surface area contributed by atoms with Crippen molar-refractivity contribution in [2.75, 3.05) is 19.7 Å². The van der Waals surface area contributed by atoms with E-state index in [9.17, 15) is 19.1 Å². The number of carbonyl (C=O) groups excluding carboxylic acids is 2. The average molecular weight is 430 g/mol. The zero-order valence-corrected chi connectivity index (χ0v) is 17.4. The molecule has 2 fully saturated rings. The number of fused-ring (bicyclic) bond motifs is 1. The van der Waals surface area contributed by atoms with E-state index in [1.54, 1.807) is 11.0 Å². The second kappa shape index (κ2) is 8.20. The number of hydrogen-bond acceptors (Lipinski definition) is 3. The first kappa shape index (κ1) is 20.4. The van der Waals surface area contributed by atoms with Crippen molar-refractivity contribution >= 4 is 11.8 Å². The normalized spacial score (nSPS) is 22.3. The van der Waals surface area contributed by atoms with Crippen LogP contribution in [0.15, 0.2) is 78.9 Å². The Balaban J connectivity index is 1.40. The molecule has 3 aromatic carbocycles. The first-order chi connectivity index (χ1) is 15.6. The lowest BCUT2D eigenvalue weighted by molar-refractivity contribution is -0.159. The molecule has 3 aromatic rings. The Labute approximate surface area is 185 Å². The summed E-state index contributed by atoms with van der Waals surface area (Å²) in [4.78, 5) is 28.8. The van der Waals surface area contributed by atoms with Gasteiger partial charge in [-0.1, -0.05) is 66.7 Å². The Hall–Kier alpha value is -3.51. The Kier molecular flexibility index (Phi) is 5.23. The van der Waals surface area contributed by atoms with E-state index in [-0.39, 0.29) is 42.6 Å². The number of aliphatic hydroxyl groups excluding tert-OH is 1.